The highest BCUT2D eigenvalue weighted by Gasteiger charge is 2.28. The number of nitro benzene ring substituents is 1. The molecule has 3 N–H and O–H groups in total. The second-order valence-electron chi connectivity index (χ2n) is 7.32. The first-order valence-corrected chi connectivity index (χ1v) is 10.3. The van der Waals surface area contributed by atoms with Crippen LogP contribution in [0.5, 0.6) is 0 Å². The number of amides is 2. The minimum absolute atomic E-state index is 0.0510. The summed E-state index contributed by atoms with van der Waals surface area (Å²) >= 11 is 1.29. The molecule has 1 aliphatic carbocycles. The van der Waals surface area contributed by atoms with Gasteiger partial charge in [0.15, 0.2) is 6.10 Å². The molecule has 11 heteroatoms. The molecule has 1 unspecified atom stereocenters. The van der Waals surface area contributed by atoms with Crippen molar-refractivity contribution < 1.29 is 24.0 Å². The second kappa shape index (κ2) is 8.72. The number of thiophene rings is 1. The van der Waals surface area contributed by atoms with Gasteiger partial charge in [-0.3, -0.25) is 19.7 Å². The van der Waals surface area contributed by atoms with Gasteiger partial charge in [-0.15, -0.1) is 11.3 Å². The normalized spacial score (nSPS) is 13.3. The van der Waals surface area contributed by atoms with Crippen LogP contribution in [0.25, 0.3) is 0 Å². The van der Waals surface area contributed by atoms with E-state index in [2.05, 4.69) is 5.32 Å². The number of fused-ring (bicyclic) bond motifs is 1. The second-order valence-corrected chi connectivity index (χ2v) is 8.42. The monoisotopic (exact) mass is 446 g/mol. The summed E-state index contributed by atoms with van der Waals surface area (Å²) in [5.41, 5.74) is 6.68. The molecule has 0 aliphatic heterocycles. The largest absolute Gasteiger partial charge is 0.449 e. The van der Waals surface area contributed by atoms with E-state index in [0.29, 0.717) is 16.3 Å². The lowest BCUT2D eigenvalue weighted by molar-refractivity contribution is -0.384. The van der Waals surface area contributed by atoms with Crippen LogP contribution in [-0.2, 0) is 22.4 Å². The first-order valence-electron chi connectivity index (χ1n) is 9.52. The zero-order valence-corrected chi connectivity index (χ0v) is 18.1. The van der Waals surface area contributed by atoms with E-state index in [0.717, 1.165) is 35.8 Å². The molecule has 1 aromatic heterocycles. The number of primary amides is 1. The van der Waals surface area contributed by atoms with Gasteiger partial charge >= 0.3 is 5.97 Å². The van der Waals surface area contributed by atoms with Gasteiger partial charge in [0.25, 0.3) is 17.5 Å². The molecule has 3 rings (SSSR count). The molecular formula is C20H22N4O6S. The maximum absolute atomic E-state index is 12.6. The highest BCUT2D eigenvalue weighted by atomic mass is 32.1. The molecule has 10 nitrogen and oxygen atoms in total. The summed E-state index contributed by atoms with van der Waals surface area (Å²) in [6.45, 7) is 1.38. The van der Waals surface area contributed by atoms with Crippen LogP contribution in [0.15, 0.2) is 18.2 Å². The number of esters is 1. The van der Waals surface area contributed by atoms with E-state index in [1.54, 1.807) is 19.0 Å². The number of anilines is 2. The summed E-state index contributed by atoms with van der Waals surface area (Å²) in [4.78, 5) is 50.1. The van der Waals surface area contributed by atoms with E-state index in [1.165, 1.54) is 30.4 Å². The Hall–Kier alpha value is -3.47. The van der Waals surface area contributed by atoms with Crippen molar-refractivity contribution in [3.8, 4) is 0 Å². The fraction of sp³-hybridized carbons (Fsp3) is 0.350. The maximum atomic E-state index is 12.6. The Morgan fingerprint density at radius 1 is 1.29 bits per heavy atom. The summed E-state index contributed by atoms with van der Waals surface area (Å²) in [6, 6.07) is 3.94. The van der Waals surface area contributed by atoms with Gasteiger partial charge in [0.05, 0.1) is 16.1 Å². The zero-order chi connectivity index (χ0) is 22.9. The third kappa shape index (κ3) is 4.50. The SMILES string of the molecule is CC(OC(=O)c1ccc(N(C)C)c([N+](=O)[O-])c1)C(=O)Nc1sc2c(c1C(N)=O)CCC2. The molecule has 1 aliphatic rings. The average Bonchev–Trinajstić information content (AvgIpc) is 3.27. The van der Waals surface area contributed by atoms with Gasteiger partial charge in [0.2, 0.25) is 0 Å². The Balaban J connectivity index is 1.73. The van der Waals surface area contributed by atoms with E-state index in [9.17, 15) is 24.5 Å². The number of carbonyl (C=O) groups is 3. The minimum atomic E-state index is -1.20. The van der Waals surface area contributed by atoms with E-state index in [1.807, 2.05) is 0 Å². The van der Waals surface area contributed by atoms with E-state index < -0.39 is 28.8 Å². The third-order valence-corrected chi connectivity index (χ3v) is 6.15. The van der Waals surface area contributed by atoms with Crippen LogP contribution in [0, 0.1) is 10.1 Å². The molecule has 2 aromatic rings. The average molecular weight is 446 g/mol. The maximum Gasteiger partial charge on any atom is 0.339 e. The summed E-state index contributed by atoms with van der Waals surface area (Å²) < 4.78 is 5.18. The molecule has 0 fully saturated rings. The number of ether oxygens (including phenoxy) is 1. The lowest BCUT2D eigenvalue weighted by Crippen LogP contribution is -2.30. The fourth-order valence-electron chi connectivity index (χ4n) is 3.42. The predicted molar refractivity (Wildman–Crippen MR) is 116 cm³/mol. The number of rotatable bonds is 7. The summed E-state index contributed by atoms with van der Waals surface area (Å²) in [7, 11) is 3.29. The van der Waals surface area contributed by atoms with Crippen LogP contribution in [0.4, 0.5) is 16.4 Å². The fourth-order valence-corrected chi connectivity index (χ4v) is 4.72. The van der Waals surface area contributed by atoms with Crippen molar-refractivity contribution in [2.24, 2.45) is 5.73 Å². The highest BCUT2D eigenvalue weighted by Crippen LogP contribution is 2.39. The molecule has 1 heterocycles. The number of nitro groups is 1. The van der Waals surface area contributed by atoms with Crippen LogP contribution in [0.2, 0.25) is 0 Å². The molecule has 0 saturated carbocycles. The summed E-state index contributed by atoms with van der Waals surface area (Å²) in [5, 5.41) is 14.3. The number of carbonyl (C=O) groups excluding carboxylic acids is 3. The molecular weight excluding hydrogens is 424 g/mol. The predicted octanol–water partition coefficient (Wildman–Crippen LogP) is 2.49. The van der Waals surface area contributed by atoms with Crippen LogP contribution in [0.1, 0.15) is 44.5 Å². The molecule has 0 bridgehead atoms. The Kier molecular flexibility index (Phi) is 6.25. The van der Waals surface area contributed by atoms with Gasteiger partial charge < -0.3 is 20.7 Å². The molecule has 164 valence electrons. The number of aryl methyl sites for hydroxylation is 1. The topological polar surface area (TPSA) is 145 Å². The molecule has 2 amide bonds. The van der Waals surface area contributed by atoms with Crippen molar-refractivity contribution in [2.75, 3.05) is 24.3 Å². The number of nitrogens with zero attached hydrogens (tertiary/aromatic N) is 2. The molecule has 0 radical (unpaired) electrons. The summed E-state index contributed by atoms with van der Waals surface area (Å²) in [6.07, 6.45) is 1.29. The minimum Gasteiger partial charge on any atom is -0.449 e. The Bertz CT molecular complexity index is 1080. The van der Waals surface area contributed by atoms with E-state index in [4.69, 9.17) is 10.5 Å². The van der Waals surface area contributed by atoms with Gasteiger partial charge in [-0.1, -0.05) is 0 Å². The number of hydrogen-bond acceptors (Lipinski definition) is 8. The van der Waals surface area contributed by atoms with E-state index >= 15 is 0 Å². The van der Waals surface area contributed by atoms with E-state index in [-0.39, 0.29) is 11.3 Å². The number of benzene rings is 1. The summed E-state index contributed by atoms with van der Waals surface area (Å²) in [5.74, 6) is -2.12. The number of nitrogens with one attached hydrogen (secondary N) is 1. The van der Waals surface area contributed by atoms with Crippen molar-refractivity contribution in [2.45, 2.75) is 32.3 Å². The lowest BCUT2D eigenvalue weighted by Gasteiger charge is -2.15. The third-order valence-electron chi connectivity index (χ3n) is 4.95. The first kappa shape index (κ1) is 22.2. The van der Waals surface area contributed by atoms with Crippen LogP contribution >= 0.6 is 11.3 Å². The highest BCUT2D eigenvalue weighted by molar-refractivity contribution is 7.17. The van der Waals surface area contributed by atoms with Gasteiger partial charge in [-0.25, -0.2) is 4.79 Å². The van der Waals surface area contributed by atoms with Gasteiger partial charge in [0.1, 0.15) is 10.7 Å². The van der Waals surface area contributed by atoms with Crippen LogP contribution in [-0.4, -0.2) is 42.9 Å². The van der Waals surface area contributed by atoms with Crippen molar-refractivity contribution in [1.82, 2.24) is 0 Å². The first-order chi connectivity index (χ1) is 14.6. The van der Waals surface area contributed by atoms with Crippen molar-refractivity contribution >= 4 is 45.5 Å². The van der Waals surface area contributed by atoms with Crippen LogP contribution in [0.3, 0.4) is 0 Å². The molecule has 1 atom stereocenters. The Labute approximate surface area is 182 Å². The standard InChI is InChI=1S/C20H22N4O6S/c1-10(18(26)22-19-16(17(21)25)12-5-4-6-15(12)31-19)30-20(27)11-7-8-13(23(2)3)14(9-11)24(28)29/h7-10H,4-6H2,1-3H3,(H2,21,25)(H,22,26). The Morgan fingerprint density at radius 3 is 2.61 bits per heavy atom. The number of hydrogen-bond donors (Lipinski definition) is 2. The van der Waals surface area contributed by atoms with Crippen LogP contribution < -0.4 is 16.0 Å². The van der Waals surface area contributed by atoms with Gasteiger partial charge in [0, 0.05) is 25.0 Å². The van der Waals surface area contributed by atoms with Gasteiger partial charge in [-0.2, -0.15) is 0 Å². The lowest BCUT2D eigenvalue weighted by atomic mass is 10.1. The Morgan fingerprint density at radius 2 is 2.00 bits per heavy atom. The molecule has 1 aromatic carbocycles. The van der Waals surface area contributed by atoms with Crippen molar-refractivity contribution in [3.05, 3.63) is 49.9 Å². The van der Waals surface area contributed by atoms with Gasteiger partial charge in [-0.05, 0) is 43.9 Å². The molecule has 0 saturated heterocycles. The van der Waals surface area contributed by atoms with Crippen molar-refractivity contribution in [1.29, 1.82) is 0 Å². The quantitative estimate of drug-likeness (QED) is 0.377. The number of nitrogens with two attached hydrogens (primary N) is 1. The molecule has 31 heavy (non-hydrogen) atoms. The zero-order valence-electron chi connectivity index (χ0n) is 17.3. The molecule has 0 spiro atoms. The van der Waals surface area contributed by atoms with Crippen molar-refractivity contribution in [3.63, 3.8) is 0 Å². The smallest absolute Gasteiger partial charge is 0.339 e.